The van der Waals surface area contributed by atoms with E-state index in [1.807, 2.05) is 30.3 Å². The molecular weight excluding hydrogens is 382 g/mol. The van der Waals surface area contributed by atoms with Crippen LogP contribution in [-0.4, -0.2) is 49.3 Å². The summed E-state index contributed by atoms with van der Waals surface area (Å²) in [5.41, 5.74) is 0.879. The number of carbonyl (C=O) groups is 2. The van der Waals surface area contributed by atoms with Gasteiger partial charge < -0.3 is 14.1 Å². The van der Waals surface area contributed by atoms with E-state index in [0.29, 0.717) is 12.2 Å². The van der Waals surface area contributed by atoms with Crippen molar-refractivity contribution >= 4 is 27.8 Å². The van der Waals surface area contributed by atoms with E-state index in [-0.39, 0.29) is 18.1 Å². The molecule has 1 aromatic carbocycles. The number of benzene rings is 1. The Morgan fingerprint density at radius 2 is 1.96 bits per heavy atom. The van der Waals surface area contributed by atoms with Crippen LogP contribution in [0.25, 0.3) is 6.08 Å². The SMILES string of the molecule is O=C(/C=C/c1ccco1)OCC(=O)N(Cc1ccccc1)[C@@H]1CCS(=O)(=O)C1. The van der Waals surface area contributed by atoms with Gasteiger partial charge in [0.05, 0.1) is 17.8 Å². The number of rotatable bonds is 7. The predicted octanol–water partition coefficient (Wildman–Crippen LogP) is 2.05. The van der Waals surface area contributed by atoms with E-state index in [9.17, 15) is 18.0 Å². The lowest BCUT2D eigenvalue weighted by Crippen LogP contribution is -2.42. The highest BCUT2D eigenvalue weighted by atomic mass is 32.2. The molecule has 0 N–H and O–H groups in total. The number of hydrogen-bond donors (Lipinski definition) is 0. The third-order valence-electron chi connectivity index (χ3n) is 4.43. The Kier molecular flexibility index (Phi) is 6.30. The lowest BCUT2D eigenvalue weighted by atomic mass is 10.1. The molecule has 28 heavy (non-hydrogen) atoms. The van der Waals surface area contributed by atoms with Crippen LogP contribution in [0.15, 0.2) is 59.2 Å². The molecule has 7 nitrogen and oxygen atoms in total. The van der Waals surface area contributed by atoms with Gasteiger partial charge in [0.1, 0.15) is 5.76 Å². The molecule has 2 aromatic rings. The van der Waals surface area contributed by atoms with Gasteiger partial charge in [-0.05, 0) is 30.2 Å². The van der Waals surface area contributed by atoms with E-state index >= 15 is 0 Å². The zero-order valence-electron chi connectivity index (χ0n) is 15.2. The first-order valence-electron chi connectivity index (χ1n) is 8.85. The fraction of sp³-hybridized carbons (Fsp3) is 0.300. The molecule has 1 amide bonds. The summed E-state index contributed by atoms with van der Waals surface area (Å²) in [6.07, 6.45) is 4.48. The van der Waals surface area contributed by atoms with Crippen LogP contribution >= 0.6 is 0 Å². The second-order valence-corrected chi connectivity index (χ2v) is 8.75. The molecule has 0 aliphatic carbocycles. The minimum absolute atomic E-state index is 0.0574. The number of hydrogen-bond acceptors (Lipinski definition) is 6. The minimum Gasteiger partial charge on any atom is -0.465 e. The van der Waals surface area contributed by atoms with E-state index in [2.05, 4.69) is 0 Å². The van der Waals surface area contributed by atoms with Crippen LogP contribution in [0.1, 0.15) is 17.7 Å². The fourth-order valence-electron chi connectivity index (χ4n) is 3.02. The highest BCUT2D eigenvalue weighted by Crippen LogP contribution is 2.20. The van der Waals surface area contributed by atoms with E-state index in [1.54, 1.807) is 12.1 Å². The summed E-state index contributed by atoms with van der Waals surface area (Å²) in [4.78, 5) is 26.0. The highest BCUT2D eigenvalue weighted by Gasteiger charge is 2.34. The molecule has 0 unspecified atom stereocenters. The number of ether oxygens (including phenoxy) is 1. The highest BCUT2D eigenvalue weighted by molar-refractivity contribution is 7.91. The van der Waals surface area contributed by atoms with Crippen LogP contribution in [-0.2, 0) is 30.7 Å². The molecule has 0 radical (unpaired) electrons. The van der Waals surface area contributed by atoms with Crippen molar-refractivity contribution in [3.63, 3.8) is 0 Å². The van der Waals surface area contributed by atoms with Crippen molar-refractivity contribution < 1.29 is 27.2 Å². The van der Waals surface area contributed by atoms with Crippen LogP contribution in [0, 0.1) is 0 Å². The summed E-state index contributed by atoms with van der Waals surface area (Å²) in [5, 5.41) is 0. The maximum absolute atomic E-state index is 12.7. The van der Waals surface area contributed by atoms with Gasteiger partial charge in [0.2, 0.25) is 0 Å². The van der Waals surface area contributed by atoms with Crippen molar-refractivity contribution in [2.75, 3.05) is 18.1 Å². The monoisotopic (exact) mass is 403 g/mol. The number of carbonyl (C=O) groups excluding carboxylic acids is 2. The molecule has 0 spiro atoms. The number of esters is 1. The summed E-state index contributed by atoms with van der Waals surface area (Å²) < 4.78 is 33.8. The maximum atomic E-state index is 12.7. The van der Waals surface area contributed by atoms with Gasteiger partial charge >= 0.3 is 5.97 Å². The van der Waals surface area contributed by atoms with Gasteiger partial charge in [-0.3, -0.25) is 4.79 Å². The third kappa shape index (κ3) is 5.56. The Morgan fingerprint density at radius 1 is 1.18 bits per heavy atom. The first-order valence-corrected chi connectivity index (χ1v) is 10.7. The van der Waals surface area contributed by atoms with E-state index < -0.39 is 34.4 Å². The van der Waals surface area contributed by atoms with Crippen LogP contribution in [0.5, 0.6) is 0 Å². The fourth-order valence-corrected chi connectivity index (χ4v) is 4.75. The molecular formula is C20H21NO6S. The largest absolute Gasteiger partial charge is 0.465 e. The molecule has 1 saturated heterocycles. The molecule has 2 heterocycles. The number of furan rings is 1. The first kappa shape index (κ1) is 19.9. The molecule has 148 valence electrons. The molecule has 0 bridgehead atoms. The van der Waals surface area contributed by atoms with Gasteiger partial charge in [0.25, 0.3) is 5.91 Å². The smallest absolute Gasteiger partial charge is 0.331 e. The Labute approximate surface area is 163 Å². The van der Waals surface area contributed by atoms with Crippen LogP contribution < -0.4 is 0 Å². The summed E-state index contributed by atoms with van der Waals surface area (Å²) in [5.74, 6) is -0.626. The maximum Gasteiger partial charge on any atom is 0.331 e. The van der Waals surface area contributed by atoms with Gasteiger partial charge in [0, 0.05) is 18.7 Å². The molecule has 1 aromatic heterocycles. The molecule has 1 atom stereocenters. The lowest BCUT2D eigenvalue weighted by Gasteiger charge is -2.28. The molecule has 1 aliphatic rings. The van der Waals surface area contributed by atoms with Crippen LogP contribution in [0.2, 0.25) is 0 Å². The second kappa shape index (κ2) is 8.88. The van der Waals surface area contributed by atoms with Gasteiger partial charge in [-0.2, -0.15) is 0 Å². The predicted molar refractivity (Wildman–Crippen MR) is 103 cm³/mol. The number of amides is 1. The summed E-state index contributed by atoms with van der Waals surface area (Å²) in [6, 6.07) is 12.2. The Hall–Kier alpha value is -2.87. The average Bonchev–Trinajstić information content (AvgIpc) is 3.32. The van der Waals surface area contributed by atoms with E-state index in [0.717, 1.165) is 5.56 Å². The standard InChI is InChI=1S/C20H21NO6S/c22-19(14-27-20(23)9-8-18-7-4-11-26-18)21(13-16-5-2-1-3-6-16)17-10-12-28(24,25)15-17/h1-9,11,17H,10,12-15H2/b9-8+/t17-/m1/s1. The molecule has 8 heteroatoms. The first-order chi connectivity index (χ1) is 13.4. The average molecular weight is 403 g/mol. The lowest BCUT2D eigenvalue weighted by molar-refractivity contribution is -0.149. The molecule has 1 fully saturated rings. The van der Waals surface area contributed by atoms with Crippen molar-refractivity contribution in [3.8, 4) is 0 Å². The van der Waals surface area contributed by atoms with Crippen molar-refractivity contribution in [3.05, 3.63) is 66.1 Å². The normalized spacial score (nSPS) is 18.2. The third-order valence-corrected chi connectivity index (χ3v) is 6.18. The molecule has 3 rings (SSSR count). The van der Waals surface area contributed by atoms with Crippen LogP contribution in [0.4, 0.5) is 0 Å². The molecule has 1 aliphatic heterocycles. The second-order valence-electron chi connectivity index (χ2n) is 6.52. The number of sulfone groups is 1. The zero-order chi connectivity index (χ0) is 20.0. The van der Waals surface area contributed by atoms with Crippen LogP contribution in [0.3, 0.4) is 0 Å². The Bertz CT molecular complexity index is 934. The summed E-state index contributed by atoms with van der Waals surface area (Å²) >= 11 is 0. The Morgan fingerprint density at radius 3 is 2.61 bits per heavy atom. The summed E-state index contributed by atoms with van der Waals surface area (Å²) in [6.45, 7) is -0.190. The zero-order valence-corrected chi connectivity index (χ0v) is 16.0. The summed E-state index contributed by atoms with van der Waals surface area (Å²) in [7, 11) is -3.15. The van der Waals surface area contributed by atoms with E-state index in [4.69, 9.17) is 9.15 Å². The van der Waals surface area contributed by atoms with Crippen molar-refractivity contribution in [1.82, 2.24) is 4.90 Å². The Balaban J connectivity index is 1.63. The van der Waals surface area contributed by atoms with Gasteiger partial charge in [-0.1, -0.05) is 30.3 Å². The van der Waals surface area contributed by atoms with Gasteiger partial charge in [-0.25, -0.2) is 13.2 Å². The molecule has 0 saturated carbocycles. The van der Waals surface area contributed by atoms with Crippen molar-refractivity contribution in [2.45, 2.75) is 19.0 Å². The minimum atomic E-state index is -3.15. The van der Waals surface area contributed by atoms with Crippen molar-refractivity contribution in [1.29, 1.82) is 0 Å². The van der Waals surface area contributed by atoms with Gasteiger partial charge in [-0.15, -0.1) is 0 Å². The van der Waals surface area contributed by atoms with Crippen molar-refractivity contribution in [2.24, 2.45) is 0 Å². The quantitative estimate of drug-likeness (QED) is 0.519. The number of nitrogens with zero attached hydrogens (tertiary/aromatic N) is 1. The van der Waals surface area contributed by atoms with E-state index in [1.165, 1.54) is 23.3 Å². The van der Waals surface area contributed by atoms with Gasteiger partial charge in [0.15, 0.2) is 16.4 Å². The topological polar surface area (TPSA) is 93.9 Å².